The van der Waals surface area contributed by atoms with Gasteiger partial charge in [-0.15, -0.1) is 0 Å². The SMILES string of the molecule is CN1CC23CC4CC5CC6CC7CC8CC9=C%10C%11C(=CC(C%12C%11C%11C%13C%10C8C8C7C6C6C5C5C(C6C%138)C%11C%12C2C45)C3C1c1ccc(OCc2ccccc2)c(OCc2ccccc2)c1)C9. The molecule has 65 heavy (non-hydrogen) atoms. The van der Waals surface area contributed by atoms with Crippen LogP contribution in [0.5, 0.6) is 11.5 Å². The van der Waals surface area contributed by atoms with Crippen LogP contribution in [0.3, 0.4) is 0 Å². The fourth-order valence-electron chi connectivity index (χ4n) is 27.7. The molecule has 0 bridgehead atoms. The zero-order valence-electron chi connectivity index (χ0n) is 38.1. The van der Waals surface area contributed by atoms with Crippen molar-refractivity contribution in [3.63, 3.8) is 0 Å². The molecule has 1 spiro atoms. The van der Waals surface area contributed by atoms with Crippen molar-refractivity contribution in [1.82, 2.24) is 4.90 Å². The quantitative estimate of drug-likeness (QED) is 0.221. The molecule has 0 N–H and O–H groups in total. The Balaban J connectivity index is 0.791. The molecule has 14 fully saturated rings. The highest BCUT2D eigenvalue weighted by Crippen LogP contribution is 2.93. The maximum Gasteiger partial charge on any atom is 0.162 e. The monoisotopic (exact) mass is 856 g/mol. The number of rotatable bonds is 7. The third kappa shape index (κ3) is 3.58. The first-order chi connectivity index (χ1) is 32.1. The van der Waals surface area contributed by atoms with Crippen molar-refractivity contribution in [3.05, 3.63) is 118 Å². The lowest BCUT2D eigenvalue weighted by Gasteiger charge is -2.63. The van der Waals surface area contributed by atoms with E-state index in [4.69, 9.17) is 9.47 Å². The fourth-order valence-corrected chi connectivity index (χ4v) is 27.7. The van der Waals surface area contributed by atoms with Crippen LogP contribution in [0.1, 0.15) is 67.7 Å². The predicted molar refractivity (Wildman–Crippen MR) is 247 cm³/mol. The van der Waals surface area contributed by atoms with Gasteiger partial charge in [-0.3, -0.25) is 4.90 Å². The van der Waals surface area contributed by atoms with E-state index in [0.717, 1.165) is 165 Å². The number of allylic oxidation sites excluding steroid dienone is 4. The van der Waals surface area contributed by atoms with E-state index in [1.165, 1.54) is 36.1 Å². The molecule has 29 atom stereocenters. The zero-order chi connectivity index (χ0) is 41.2. The summed E-state index contributed by atoms with van der Waals surface area (Å²) in [4.78, 5) is 2.97. The van der Waals surface area contributed by atoms with E-state index in [-0.39, 0.29) is 0 Å². The van der Waals surface area contributed by atoms with Crippen molar-refractivity contribution in [2.75, 3.05) is 13.6 Å². The first kappa shape index (κ1) is 34.9. The van der Waals surface area contributed by atoms with Crippen LogP contribution in [0, 0.1) is 165 Å². The number of hydrogen-bond acceptors (Lipinski definition) is 3. The maximum atomic E-state index is 6.93. The molecule has 3 aromatic carbocycles. The first-order valence-corrected chi connectivity index (χ1v) is 27.7. The molecule has 3 heteroatoms. The van der Waals surface area contributed by atoms with E-state index in [1.807, 2.05) is 5.57 Å². The van der Waals surface area contributed by atoms with Gasteiger partial charge in [0.05, 0.1) is 0 Å². The van der Waals surface area contributed by atoms with Crippen molar-refractivity contribution in [2.45, 2.75) is 64.2 Å². The molecule has 29 unspecified atom stereocenters. The Kier molecular flexibility index (Phi) is 5.95. The summed E-state index contributed by atoms with van der Waals surface area (Å²) < 4.78 is 13.6. The van der Waals surface area contributed by atoms with Crippen LogP contribution >= 0.6 is 0 Å². The summed E-state index contributed by atoms with van der Waals surface area (Å²) in [6, 6.07) is 29.3. The van der Waals surface area contributed by atoms with Gasteiger partial charge in [0, 0.05) is 18.5 Å². The Hall–Kier alpha value is -3.30. The molecule has 16 aliphatic carbocycles. The smallest absolute Gasteiger partial charge is 0.162 e. The second kappa shape index (κ2) is 11.1. The Morgan fingerprint density at radius 3 is 1.94 bits per heavy atom. The average Bonchev–Trinajstić information content (AvgIpc) is 4.19. The third-order valence-corrected chi connectivity index (χ3v) is 26.9. The Morgan fingerprint density at radius 2 is 1.17 bits per heavy atom. The number of nitrogens with zero attached hydrogens (tertiary/aromatic N) is 1. The lowest BCUT2D eigenvalue weighted by atomic mass is 9.41. The molecular formula is C62H65NO2. The minimum atomic E-state index is 0.433. The van der Waals surface area contributed by atoms with Gasteiger partial charge in [0.15, 0.2) is 11.5 Å². The van der Waals surface area contributed by atoms with Crippen molar-refractivity contribution in [1.29, 1.82) is 0 Å². The highest BCUT2D eigenvalue weighted by molar-refractivity contribution is 5.53. The molecule has 17 aliphatic rings. The van der Waals surface area contributed by atoms with E-state index in [2.05, 4.69) is 108 Å². The van der Waals surface area contributed by atoms with Gasteiger partial charge >= 0.3 is 0 Å². The molecule has 13 saturated carbocycles. The van der Waals surface area contributed by atoms with E-state index in [9.17, 15) is 0 Å². The Labute approximate surface area is 385 Å². The minimum absolute atomic E-state index is 0.433. The van der Waals surface area contributed by atoms with Gasteiger partial charge in [-0.05, 0) is 240 Å². The molecule has 3 nitrogen and oxygen atoms in total. The third-order valence-electron chi connectivity index (χ3n) is 26.9. The van der Waals surface area contributed by atoms with Crippen molar-refractivity contribution < 1.29 is 9.47 Å². The molecule has 0 aromatic heterocycles. The molecule has 0 amide bonds. The average molecular weight is 856 g/mol. The topological polar surface area (TPSA) is 21.7 Å². The molecule has 20 rings (SSSR count). The van der Waals surface area contributed by atoms with E-state index < -0.39 is 0 Å². The Bertz CT molecular complexity index is 2740. The van der Waals surface area contributed by atoms with Crippen LogP contribution < -0.4 is 9.47 Å². The summed E-state index contributed by atoms with van der Waals surface area (Å²) in [7, 11) is 2.59. The highest BCUT2D eigenvalue weighted by Gasteiger charge is 2.89. The summed E-state index contributed by atoms with van der Waals surface area (Å²) in [5.41, 5.74) is 10.7. The van der Waals surface area contributed by atoms with E-state index in [0.29, 0.717) is 30.6 Å². The number of ether oxygens (including phenoxy) is 2. The van der Waals surface area contributed by atoms with Crippen molar-refractivity contribution in [2.24, 2.45) is 165 Å². The van der Waals surface area contributed by atoms with E-state index >= 15 is 0 Å². The summed E-state index contributed by atoms with van der Waals surface area (Å²) >= 11 is 0. The summed E-state index contributed by atoms with van der Waals surface area (Å²) in [5.74, 6) is 30.0. The zero-order valence-corrected chi connectivity index (χ0v) is 38.1. The molecule has 330 valence electrons. The molecule has 1 heterocycles. The molecule has 0 radical (unpaired) electrons. The normalized spacial score (nSPS) is 58.8. The highest BCUT2D eigenvalue weighted by atomic mass is 16.5. The summed E-state index contributed by atoms with van der Waals surface area (Å²) in [5, 5.41) is 0. The van der Waals surface area contributed by atoms with Crippen molar-refractivity contribution >= 4 is 0 Å². The van der Waals surface area contributed by atoms with Crippen LogP contribution in [0.25, 0.3) is 0 Å². The minimum Gasteiger partial charge on any atom is -0.485 e. The van der Waals surface area contributed by atoms with Crippen LogP contribution in [-0.2, 0) is 13.2 Å². The second-order valence-corrected chi connectivity index (χ2v) is 27.4. The second-order valence-electron chi connectivity index (χ2n) is 27.4. The largest absolute Gasteiger partial charge is 0.485 e. The van der Waals surface area contributed by atoms with Gasteiger partial charge in [-0.2, -0.15) is 0 Å². The fraction of sp³-hybridized carbons (Fsp3) is 0.645. The summed E-state index contributed by atoms with van der Waals surface area (Å²) in [6.07, 6.45) is 14.3. The van der Waals surface area contributed by atoms with Gasteiger partial charge in [-0.1, -0.05) is 89.5 Å². The van der Waals surface area contributed by atoms with Crippen molar-refractivity contribution in [3.8, 4) is 11.5 Å². The number of hydrogen-bond donors (Lipinski definition) is 0. The molecular weight excluding hydrogens is 791 g/mol. The lowest BCUT2D eigenvalue weighted by molar-refractivity contribution is -0.161. The summed E-state index contributed by atoms with van der Waals surface area (Å²) in [6.45, 7) is 2.46. The first-order valence-electron chi connectivity index (χ1n) is 27.7. The van der Waals surface area contributed by atoms with Crippen LogP contribution in [0.2, 0.25) is 0 Å². The van der Waals surface area contributed by atoms with Gasteiger partial charge in [-0.25, -0.2) is 0 Å². The number of benzene rings is 3. The van der Waals surface area contributed by atoms with Crippen LogP contribution in [0.4, 0.5) is 0 Å². The molecule has 3 aromatic rings. The Morgan fingerprint density at radius 1 is 0.554 bits per heavy atom. The van der Waals surface area contributed by atoms with Crippen LogP contribution in [-0.4, -0.2) is 18.5 Å². The predicted octanol–water partition coefficient (Wildman–Crippen LogP) is 11.6. The number of fused-ring (bicyclic) bond motifs is 1. The van der Waals surface area contributed by atoms with Gasteiger partial charge in [0.1, 0.15) is 13.2 Å². The maximum absolute atomic E-state index is 6.93. The van der Waals surface area contributed by atoms with Gasteiger partial charge in [0.2, 0.25) is 0 Å². The lowest BCUT2D eigenvalue weighted by Crippen LogP contribution is -2.60. The van der Waals surface area contributed by atoms with Gasteiger partial charge < -0.3 is 9.47 Å². The van der Waals surface area contributed by atoms with E-state index in [1.54, 1.807) is 32.1 Å². The molecule has 1 saturated heterocycles. The standard InChI is InChI=1S/C62H65NO2/c1-63-25-62-22-35-19-33-17-30-14-29-15-32-16-31-18-34-20-36(59(62)61(63)28-12-13-37(64-23-26-8-4-2-5-9-26)38(21-28)65-24-27-10-6-3-7-11-27)46-51-42(34)41(31)48-43(32)47-39(29)40(30)49-44(33)50-45(35)60(62)58(46)57-55(50)53(49)52(47)54(48)56(51)57/h2-13,20-21,29-30,32-33,35-36,39-40,42-61H,14-19,22-25H2,1H3. The van der Waals surface area contributed by atoms with Crippen LogP contribution in [0.15, 0.2) is 102 Å². The number of likely N-dealkylation sites (tertiary alicyclic amines) is 1. The van der Waals surface area contributed by atoms with Gasteiger partial charge in [0.25, 0.3) is 0 Å². The molecule has 1 aliphatic heterocycles.